The number of thioether (sulfide) groups is 1. The van der Waals surface area contributed by atoms with Crippen LogP contribution in [-0.4, -0.2) is 44.1 Å². The zero-order valence-corrected chi connectivity index (χ0v) is 20.7. The predicted molar refractivity (Wildman–Crippen MR) is 137 cm³/mol. The van der Waals surface area contributed by atoms with Crippen LogP contribution in [0, 0.1) is 13.8 Å². The Morgan fingerprint density at radius 3 is 2.94 bits per heavy atom. The van der Waals surface area contributed by atoms with E-state index in [4.69, 9.17) is 16.3 Å². The topological polar surface area (TPSA) is 84.8 Å². The van der Waals surface area contributed by atoms with Gasteiger partial charge in [-0.3, -0.25) is 9.36 Å². The van der Waals surface area contributed by atoms with Crippen molar-refractivity contribution in [1.29, 1.82) is 0 Å². The highest BCUT2D eigenvalue weighted by atomic mass is 35.5. The van der Waals surface area contributed by atoms with Crippen LogP contribution in [0.2, 0.25) is 5.02 Å². The van der Waals surface area contributed by atoms with Crippen molar-refractivity contribution in [2.75, 3.05) is 17.7 Å². The quantitative estimate of drug-likeness (QED) is 0.326. The number of benzene rings is 2. The molecule has 7 nitrogen and oxygen atoms in total. The Balaban J connectivity index is 1.38. The van der Waals surface area contributed by atoms with Gasteiger partial charge in [0.2, 0.25) is 5.91 Å². The van der Waals surface area contributed by atoms with Gasteiger partial charge in [-0.15, -0.1) is 10.2 Å². The molecule has 9 heteroatoms. The SMILES string of the molecule is Cc1cc(C)c(NC(=O)CSc2nnc(-c3c[nH]c4ccccc34)n2CC2CCCO2)c(Cl)c1. The summed E-state index contributed by atoms with van der Waals surface area (Å²) < 4.78 is 7.97. The number of hydrogen-bond acceptors (Lipinski definition) is 5. The summed E-state index contributed by atoms with van der Waals surface area (Å²) in [5, 5.41) is 14.2. The second-order valence-corrected chi connectivity index (χ2v) is 9.92. The molecule has 1 aliphatic rings. The van der Waals surface area contributed by atoms with Crippen LogP contribution >= 0.6 is 23.4 Å². The van der Waals surface area contributed by atoms with E-state index in [1.165, 1.54) is 11.8 Å². The number of ether oxygens (including phenoxy) is 1. The van der Waals surface area contributed by atoms with E-state index in [1.54, 1.807) is 0 Å². The third kappa shape index (κ3) is 4.71. The summed E-state index contributed by atoms with van der Waals surface area (Å²) >= 11 is 7.72. The molecule has 1 fully saturated rings. The Hall–Kier alpha value is -2.81. The molecule has 2 N–H and O–H groups in total. The number of nitrogens with zero attached hydrogens (tertiary/aromatic N) is 3. The van der Waals surface area contributed by atoms with Crippen molar-refractivity contribution in [2.24, 2.45) is 0 Å². The number of para-hydroxylation sites is 1. The molecule has 1 amide bonds. The minimum atomic E-state index is -0.140. The van der Waals surface area contributed by atoms with Gasteiger partial charge in [-0.1, -0.05) is 47.6 Å². The standard InChI is InChI=1S/C25H26ClN5O2S/c1-15-10-16(2)23(20(26)11-15)28-22(32)14-34-25-30-29-24(31(25)13-17-6-5-9-33-17)19-12-27-21-8-4-3-7-18(19)21/h3-4,7-8,10-12,17,27H,5-6,9,13-14H2,1-2H3,(H,28,32). The van der Waals surface area contributed by atoms with Crippen LogP contribution in [-0.2, 0) is 16.1 Å². The lowest BCUT2D eigenvalue weighted by molar-refractivity contribution is -0.113. The Kier molecular flexibility index (Phi) is 6.63. The van der Waals surface area contributed by atoms with Crippen LogP contribution in [0.5, 0.6) is 0 Å². The number of rotatable bonds is 7. The van der Waals surface area contributed by atoms with Crippen LogP contribution in [0.25, 0.3) is 22.3 Å². The Labute approximate surface area is 207 Å². The third-order valence-corrected chi connectivity index (χ3v) is 7.25. The first-order valence-corrected chi connectivity index (χ1v) is 12.7. The fourth-order valence-corrected chi connectivity index (χ4v) is 5.50. The van der Waals surface area contributed by atoms with Gasteiger partial charge in [-0.05, 0) is 49.9 Å². The zero-order chi connectivity index (χ0) is 23.7. The lowest BCUT2D eigenvalue weighted by Gasteiger charge is -2.15. The van der Waals surface area contributed by atoms with E-state index in [0.717, 1.165) is 52.9 Å². The summed E-state index contributed by atoms with van der Waals surface area (Å²) in [6, 6.07) is 12.0. The van der Waals surface area contributed by atoms with Crippen molar-refractivity contribution in [3.8, 4) is 11.4 Å². The van der Waals surface area contributed by atoms with Crippen LogP contribution < -0.4 is 5.32 Å². The summed E-state index contributed by atoms with van der Waals surface area (Å²) in [5.41, 5.74) is 4.68. The number of halogens is 1. The molecule has 1 unspecified atom stereocenters. The largest absolute Gasteiger partial charge is 0.376 e. The molecule has 4 aromatic rings. The van der Waals surface area contributed by atoms with Gasteiger partial charge in [0.15, 0.2) is 11.0 Å². The van der Waals surface area contributed by atoms with Crippen LogP contribution in [0.4, 0.5) is 5.69 Å². The Morgan fingerprint density at radius 1 is 1.29 bits per heavy atom. The maximum Gasteiger partial charge on any atom is 0.234 e. The fourth-order valence-electron chi connectivity index (χ4n) is 4.39. The third-order valence-electron chi connectivity index (χ3n) is 5.99. The molecule has 1 aliphatic heterocycles. The second kappa shape index (κ2) is 9.82. The minimum absolute atomic E-state index is 0.113. The monoisotopic (exact) mass is 495 g/mol. The van der Waals surface area contributed by atoms with Gasteiger partial charge < -0.3 is 15.0 Å². The molecule has 0 radical (unpaired) electrons. The first kappa shape index (κ1) is 23.0. The number of aromatic nitrogens is 4. The lowest BCUT2D eigenvalue weighted by Crippen LogP contribution is -2.18. The number of H-pyrrole nitrogens is 1. The average Bonchev–Trinajstić information content (AvgIpc) is 3.55. The van der Waals surface area contributed by atoms with Crippen molar-refractivity contribution >= 4 is 45.9 Å². The van der Waals surface area contributed by atoms with Gasteiger partial charge in [0, 0.05) is 29.3 Å². The van der Waals surface area contributed by atoms with Crippen molar-refractivity contribution < 1.29 is 9.53 Å². The van der Waals surface area contributed by atoms with E-state index >= 15 is 0 Å². The highest BCUT2D eigenvalue weighted by Crippen LogP contribution is 2.32. The molecule has 2 aromatic carbocycles. The molecule has 2 aromatic heterocycles. The van der Waals surface area contributed by atoms with Gasteiger partial charge in [-0.25, -0.2) is 0 Å². The molecule has 1 atom stereocenters. The van der Waals surface area contributed by atoms with E-state index in [-0.39, 0.29) is 17.8 Å². The molecule has 1 saturated heterocycles. The minimum Gasteiger partial charge on any atom is -0.376 e. The van der Waals surface area contributed by atoms with E-state index in [1.807, 2.05) is 50.4 Å². The fraction of sp³-hybridized carbons (Fsp3) is 0.320. The van der Waals surface area contributed by atoms with Crippen molar-refractivity contribution in [2.45, 2.75) is 44.5 Å². The first-order valence-electron chi connectivity index (χ1n) is 11.3. The van der Waals surface area contributed by atoms with Crippen molar-refractivity contribution in [3.05, 3.63) is 58.7 Å². The maximum absolute atomic E-state index is 12.8. The average molecular weight is 496 g/mol. The molecule has 0 spiro atoms. The maximum atomic E-state index is 12.8. The molecule has 34 heavy (non-hydrogen) atoms. The van der Waals surface area contributed by atoms with Gasteiger partial charge in [0.05, 0.1) is 29.1 Å². The highest BCUT2D eigenvalue weighted by Gasteiger charge is 2.23. The van der Waals surface area contributed by atoms with E-state index < -0.39 is 0 Å². The summed E-state index contributed by atoms with van der Waals surface area (Å²) in [4.78, 5) is 16.1. The Morgan fingerprint density at radius 2 is 2.15 bits per heavy atom. The number of anilines is 1. The number of amides is 1. The first-order chi connectivity index (χ1) is 16.5. The molecule has 176 valence electrons. The molecule has 5 rings (SSSR count). The molecular formula is C25H26ClN5O2S. The van der Waals surface area contributed by atoms with Gasteiger partial charge in [-0.2, -0.15) is 0 Å². The Bertz CT molecular complexity index is 1320. The van der Waals surface area contributed by atoms with Crippen LogP contribution in [0.3, 0.4) is 0 Å². The number of nitrogens with one attached hydrogen (secondary N) is 2. The van der Waals surface area contributed by atoms with Crippen molar-refractivity contribution in [1.82, 2.24) is 19.7 Å². The number of carbonyl (C=O) groups excluding carboxylic acids is 1. The number of aromatic amines is 1. The second-order valence-electron chi connectivity index (χ2n) is 8.58. The molecule has 3 heterocycles. The van der Waals surface area contributed by atoms with E-state index in [0.29, 0.717) is 22.4 Å². The van der Waals surface area contributed by atoms with Crippen LogP contribution in [0.1, 0.15) is 24.0 Å². The number of carbonyl (C=O) groups is 1. The summed E-state index contributed by atoms with van der Waals surface area (Å²) in [6.07, 6.45) is 4.13. The van der Waals surface area contributed by atoms with E-state index in [2.05, 4.69) is 31.1 Å². The molecule has 0 bridgehead atoms. The zero-order valence-electron chi connectivity index (χ0n) is 19.1. The van der Waals surface area contributed by atoms with Gasteiger partial charge in [0.1, 0.15) is 0 Å². The summed E-state index contributed by atoms with van der Waals surface area (Å²) in [7, 11) is 0. The van der Waals surface area contributed by atoms with Gasteiger partial charge >= 0.3 is 0 Å². The molecule has 0 saturated carbocycles. The lowest BCUT2D eigenvalue weighted by atomic mass is 10.1. The number of fused-ring (bicyclic) bond motifs is 1. The normalized spacial score (nSPS) is 15.8. The van der Waals surface area contributed by atoms with Crippen molar-refractivity contribution in [3.63, 3.8) is 0 Å². The van der Waals surface area contributed by atoms with Crippen LogP contribution in [0.15, 0.2) is 47.8 Å². The van der Waals surface area contributed by atoms with Gasteiger partial charge in [0.25, 0.3) is 0 Å². The molecular weight excluding hydrogens is 470 g/mol. The number of aryl methyl sites for hydroxylation is 2. The number of hydrogen-bond donors (Lipinski definition) is 2. The summed E-state index contributed by atoms with van der Waals surface area (Å²) in [6.45, 7) is 5.34. The predicted octanol–water partition coefficient (Wildman–Crippen LogP) is 5.61. The summed E-state index contributed by atoms with van der Waals surface area (Å²) in [5.74, 6) is 0.828. The highest BCUT2D eigenvalue weighted by molar-refractivity contribution is 7.99. The van der Waals surface area contributed by atoms with E-state index in [9.17, 15) is 4.79 Å². The molecule has 0 aliphatic carbocycles. The smallest absolute Gasteiger partial charge is 0.234 e.